The van der Waals surface area contributed by atoms with Gasteiger partial charge >= 0.3 is 0 Å². The Morgan fingerprint density at radius 1 is 0.944 bits per heavy atom. The smallest absolute Gasteiger partial charge is 0.164 e. The van der Waals surface area contributed by atoms with Crippen molar-refractivity contribution in [3.63, 3.8) is 0 Å². The molecule has 2 heteroatoms. The van der Waals surface area contributed by atoms with E-state index in [-0.39, 0.29) is 4.93 Å². The van der Waals surface area contributed by atoms with Gasteiger partial charge in [0.15, 0.2) is 4.93 Å². The van der Waals surface area contributed by atoms with Gasteiger partial charge in [-0.3, -0.25) is 0 Å². The van der Waals surface area contributed by atoms with Crippen molar-refractivity contribution >= 4 is 11.8 Å². The van der Waals surface area contributed by atoms with Crippen LogP contribution in [0.3, 0.4) is 0 Å². The first-order chi connectivity index (χ1) is 8.83. The van der Waals surface area contributed by atoms with Crippen LogP contribution in [0.5, 0.6) is 5.75 Å². The Kier molecular flexibility index (Phi) is 1.85. The Balaban J connectivity index is 1.58. The average molecular weight is 258 g/mol. The maximum absolute atomic E-state index is 6.53. The summed E-state index contributed by atoms with van der Waals surface area (Å²) in [5.41, 5.74) is 0. The first-order valence-electron chi connectivity index (χ1n) is 7.30. The third kappa shape index (κ3) is 1.16. The molecule has 0 radical (unpaired) electrons. The fourth-order valence-corrected chi connectivity index (χ4v) is 6.71. The number of para-hydroxylation sites is 1. The average Bonchev–Trinajstić information content (AvgIpc) is 2.75. The summed E-state index contributed by atoms with van der Waals surface area (Å²) in [5, 5.41) is 0. The lowest BCUT2D eigenvalue weighted by molar-refractivity contribution is -0.0975. The van der Waals surface area contributed by atoms with Crippen molar-refractivity contribution in [3.05, 3.63) is 24.3 Å². The summed E-state index contributed by atoms with van der Waals surface area (Å²) >= 11 is 2.05. The third-order valence-electron chi connectivity index (χ3n) is 5.66. The van der Waals surface area contributed by atoms with Gasteiger partial charge in [-0.25, -0.2) is 0 Å². The van der Waals surface area contributed by atoms with Crippen LogP contribution in [0, 0.1) is 23.7 Å². The number of hydrogen-bond donors (Lipinski definition) is 0. The standard InChI is InChI=1S/C16H18OS/c1-2-4-15-14(3-1)17-16(18-15)12-6-10-5-11(8-12)9-13(16)7-10/h1-4,10-13H,5-9H2. The molecule has 1 aromatic rings. The van der Waals surface area contributed by atoms with Crippen LogP contribution in [-0.2, 0) is 0 Å². The molecule has 6 rings (SSSR count). The van der Waals surface area contributed by atoms with E-state index >= 15 is 0 Å². The second kappa shape index (κ2) is 3.27. The van der Waals surface area contributed by atoms with Crippen LogP contribution in [0.15, 0.2) is 29.2 Å². The predicted octanol–water partition coefficient (Wildman–Crippen LogP) is 4.32. The highest BCUT2D eigenvalue weighted by Gasteiger charge is 2.61. The van der Waals surface area contributed by atoms with E-state index in [1.165, 1.54) is 37.0 Å². The molecule has 4 saturated carbocycles. The Morgan fingerprint density at radius 3 is 2.28 bits per heavy atom. The fourth-order valence-electron chi connectivity index (χ4n) is 5.16. The van der Waals surface area contributed by atoms with Gasteiger partial charge in [-0.2, -0.15) is 0 Å². The molecule has 1 nitrogen and oxygen atoms in total. The van der Waals surface area contributed by atoms with Gasteiger partial charge < -0.3 is 4.74 Å². The highest BCUT2D eigenvalue weighted by atomic mass is 32.2. The fraction of sp³-hybridized carbons (Fsp3) is 0.625. The lowest BCUT2D eigenvalue weighted by Gasteiger charge is -2.58. The lowest BCUT2D eigenvalue weighted by atomic mass is 9.54. The molecule has 1 aliphatic heterocycles. The minimum absolute atomic E-state index is 0.122. The summed E-state index contributed by atoms with van der Waals surface area (Å²) in [6, 6.07) is 8.64. The summed E-state index contributed by atoms with van der Waals surface area (Å²) in [6.45, 7) is 0. The van der Waals surface area contributed by atoms with E-state index in [4.69, 9.17) is 4.74 Å². The van der Waals surface area contributed by atoms with Crippen LogP contribution in [0.4, 0.5) is 0 Å². The molecule has 4 fully saturated rings. The van der Waals surface area contributed by atoms with E-state index in [1.807, 2.05) is 0 Å². The molecular weight excluding hydrogens is 240 g/mol. The highest BCUT2D eigenvalue weighted by molar-refractivity contribution is 8.01. The third-order valence-corrected chi connectivity index (χ3v) is 7.29. The maximum Gasteiger partial charge on any atom is 0.164 e. The molecule has 0 amide bonds. The van der Waals surface area contributed by atoms with E-state index in [2.05, 4.69) is 36.0 Å². The quantitative estimate of drug-likeness (QED) is 0.685. The second-order valence-electron chi connectivity index (χ2n) is 6.68. The van der Waals surface area contributed by atoms with Crippen molar-refractivity contribution < 1.29 is 4.74 Å². The lowest BCUT2D eigenvalue weighted by Crippen LogP contribution is -2.57. The van der Waals surface area contributed by atoms with Crippen LogP contribution < -0.4 is 4.74 Å². The summed E-state index contributed by atoms with van der Waals surface area (Å²) < 4.78 is 6.53. The second-order valence-corrected chi connectivity index (χ2v) is 7.96. The summed E-state index contributed by atoms with van der Waals surface area (Å²) in [7, 11) is 0. The van der Waals surface area contributed by atoms with Crippen molar-refractivity contribution in [1.29, 1.82) is 0 Å². The number of fused-ring (bicyclic) bond motifs is 1. The van der Waals surface area contributed by atoms with E-state index in [0.717, 1.165) is 29.4 Å². The number of benzene rings is 1. The van der Waals surface area contributed by atoms with Crippen molar-refractivity contribution in [2.45, 2.75) is 41.9 Å². The normalized spacial score (nSPS) is 47.3. The van der Waals surface area contributed by atoms with Crippen LogP contribution in [0.25, 0.3) is 0 Å². The van der Waals surface area contributed by atoms with Gasteiger partial charge in [-0.05, 0) is 56.1 Å². The van der Waals surface area contributed by atoms with Crippen molar-refractivity contribution in [2.75, 3.05) is 0 Å². The van der Waals surface area contributed by atoms with Gasteiger partial charge in [0.25, 0.3) is 0 Å². The number of ether oxygens (including phenoxy) is 1. The molecular formula is C16H18OS. The van der Waals surface area contributed by atoms with Crippen LogP contribution in [-0.4, -0.2) is 4.93 Å². The van der Waals surface area contributed by atoms with Gasteiger partial charge in [0, 0.05) is 11.8 Å². The molecule has 0 unspecified atom stereocenters. The topological polar surface area (TPSA) is 9.23 Å². The van der Waals surface area contributed by atoms with Crippen LogP contribution >= 0.6 is 11.8 Å². The van der Waals surface area contributed by atoms with Crippen LogP contribution in [0.2, 0.25) is 0 Å². The summed E-state index contributed by atoms with van der Waals surface area (Å²) in [6.07, 6.45) is 7.21. The summed E-state index contributed by atoms with van der Waals surface area (Å²) in [4.78, 5) is 1.50. The number of rotatable bonds is 0. The van der Waals surface area contributed by atoms with Gasteiger partial charge in [-0.15, -0.1) is 0 Å². The Bertz CT molecular complexity index is 455. The van der Waals surface area contributed by atoms with Crippen LogP contribution in [0.1, 0.15) is 32.1 Å². The minimum atomic E-state index is 0.122. The molecule has 18 heavy (non-hydrogen) atoms. The molecule has 0 aromatic heterocycles. The largest absolute Gasteiger partial charge is 0.475 e. The number of thioether (sulfide) groups is 1. The molecule has 4 bridgehead atoms. The van der Waals surface area contributed by atoms with Gasteiger partial charge in [-0.1, -0.05) is 23.9 Å². The van der Waals surface area contributed by atoms with Crippen molar-refractivity contribution in [2.24, 2.45) is 23.7 Å². The molecule has 5 aliphatic rings. The van der Waals surface area contributed by atoms with Gasteiger partial charge in [0.1, 0.15) is 5.75 Å². The minimum Gasteiger partial charge on any atom is -0.475 e. The van der Waals surface area contributed by atoms with E-state index in [1.54, 1.807) is 0 Å². The molecule has 1 heterocycles. The Hall–Kier alpha value is -0.630. The maximum atomic E-state index is 6.53. The first-order valence-corrected chi connectivity index (χ1v) is 8.12. The molecule has 94 valence electrons. The molecule has 0 saturated heterocycles. The first kappa shape index (κ1) is 10.2. The van der Waals surface area contributed by atoms with Crippen molar-refractivity contribution in [1.82, 2.24) is 0 Å². The highest BCUT2D eigenvalue weighted by Crippen LogP contribution is 2.67. The Labute approximate surface area is 112 Å². The molecule has 1 spiro atoms. The Morgan fingerprint density at radius 2 is 1.61 bits per heavy atom. The SMILES string of the molecule is c1ccc2c(c1)OC1(S2)C2CC3CC(C2)CC1C3. The molecule has 0 N–H and O–H groups in total. The molecule has 4 aliphatic carbocycles. The van der Waals surface area contributed by atoms with E-state index in [9.17, 15) is 0 Å². The molecule has 1 aromatic carbocycles. The van der Waals surface area contributed by atoms with E-state index in [0.29, 0.717) is 0 Å². The predicted molar refractivity (Wildman–Crippen MR) is 72.7 cm³/mol. The zero-order valence-electron chi connectivity index (χ0n) is 10.5. The number of hydrogen-bond acceptors (Lipinski definition) is 2. The summed E-state index contributed by atoms with van der Waals surface area (Å²) in [5.74, 6) is 4.81. The zero-order valence-corrected chi connectivity index (χ0v) is 11.3. The van der Waals surface area contributed by atoms with Gasteiger partial charge in [0.2, 0.25) is 0 Å². The van der Waals surface area contributed by atoms with Crippen molar-refractivity contribution in [3.8, 4) is 5.75 Å². The van der Waals surface area contributed by atoms with E-state index < -0.39 is 0 Å². The van der Waals surface area contributed by atoms with Gasteiger partial charge in [0.05, 0.1) is 4.90 Å². The monoisotopic (exact) mass is 258 g/mol. The molecule has 0 atom stereocenters. The zero-order chi connectivity index (χ0) is 11.7.